The third-order valence-corrected chi connectivity index (χ3v) is 4.12. The Morgan fingerprint density at radius 2 is 2.21 bits per heavy atom. The van der Waals surface area contributed by atoms with Crippen LogP contribution in [0.3, 0.4) is 0 Å². The van der Waals surface area contributed by atoms with E-state index in [1.807, 2.05) is 6.92 Å². The fourth-order valence-corrected chi connectivity index (χ4v) is 2.86. The lowest BCUT2D eigenvalue weighted by molar-refractivity contribution is -0.120. The van der Waals surface area contributed by atoms with Gasteiger partial charge in [0.05, 0.1) is 12.3 Å². The Morgan fingerprint density at radius 3 is 2.92 bits per heavy atom. The van der Waals surface area contributed by atoms with Crippen LogP contribution in [-0.4, -0.2) is 38.3 Å². The van der Waals surface area contributed by atoms with Crippen molar-refractivity contribution in [3.8, 4) is 5.75 Å². The van der Waals surface area contributed by atoms with Crippen molar-refractivity contribution in [3.63, 3.8) is 0 Å². The van der Waals surface area contributed by atoms with E-state index in [2.05, 4.69) is 17.6 Å². The lowest BCUT2D eigenvalue weighted by Gasteiger charge is -2.27. The van der Waals surface area contributed by atoms with Gasteiger partial charge in [-0.05, 0) is 51.4 Å². The molecule has 1 heterocycles. The monoisotopic (exact) mass is 376 g/mol. The van der Waals surface area contributed by atoms with Gasteiger partial charge in [-0.2, -0.15) is 0 Å². The van der Waals surface area contributed by atoms with Crippen molar-refractivity contribution in [3.05, 3.63) is 23.2 Å². The molecule has 0 saturated carbocycles. The Hall–Kier alpha value is -1.01. The average molecular weight is 377 g/mol. The first kappa shape index (κ1) is 21.0. The van der Waals surface area contributed by atoms with Crippen molar-refractivity contribution in [1.29, 1.82) is 0 Å². The number of amides is 1. The lowest BCUT2D eigenvalue weighted by atomic mass is 9.92. The molecule has 0 aromatic heterocycles. The molecule has 136 valence electrons. The quantitative estimate of drug-likeness (QED) is 0.714. The first-order valence-corrected chi connectivity index (χ1v) is 8.52. The maximum Gasteiger partial charge on any atom is 0.227 e. The molecule has 1 amide bonds. The number of halogens is 2. The molecule has 1 fully saturated rings. The molecule has 0 unspecified atom stereocenters. The highest BCUT2D eigenvalue weighted by molar-refractivity contribution is 6.31. The molecule has 1 aromatic carbocycles. The number of rotatable bonds is 7. The van der Waals surface area contributed by atoms with E-state index in [4.69, 9.17) is 21.1 Å². The van der Waals surface area contributed by atoms with Gasteiger partial charge in [-0.15, -0.1) is 12.4 Å². The molecule has 1 aromatic rings. The number of anilines is 1. The minimum Gasteiger partial charge on any atom is -0.489 e. The number of piperidine rings is 1. The standard InChI is InChI=1S/C17H25ClN2O3.ClH/c1-3-22-8-9-23-16-5-4-14(18)11-15(16)20-17(21)13-6-7-19-12(2)10-13;/h4-5,11-13,19H,3,6-10H2,1-2H3,(H,20,21);1H/t12-,13-;/m0./s1. The van der Waals surface area contributed by atoms with Crippen molar-refractivity contribution in [2.75, 3.05) is 31.7 Å². The smallest absolute Gasteiger partial charge is 0.227 e. The zero-order chi connectivity index (χ0) is 16.7. The first-order valence-electron chi connectivity index (χ1n) is 8.14. The second-order valence-electron chi connectivity index (χ2n) is 5.75. The highest BCUT2D eigenvalue weighted by Crippen LogP contribution is 2.29. The molecule has 1 aliphatic heterocycles. The number of carbonyl (C=O) groups excluding carboxylic acids is 1. The van der Waals surface area contributed by atoms with Crippen molar-refractivity contribution in [1.82, 2.24) is 5.32 Å². The van der Waals surface area contributed by atoms with Gasteiger partial charge in [0.2, 0.25) is 5.91 Å². The lowest BCUT2D eigenvalue weighted by Crippen LogP contribution is -2.40. The van der Waals surface area contributed by atoms with Crippen LogP contribution in [0.1, 0.15) is 26.7 Å². The van der Waals surface area contributed by atoms with E-state index in [0.717, 1.165) is 19.4 Å². The topological polar surface area (TPSA) is 59.6 Å². The van der Waals surface area contributed by atoms with Crippen LogP contribution in [-0.2, 0) is 9.53 Å². The maximum atomic E-state index is 12.5. The third kappa shape index (κ3) is 6.48. The SMILES string of the molecule is CCOCCOc1ccc(Cl)cc1NC(=O)[C@H]1CCN[C@@H](C)C1.Cl. The first-order chi connectivity index (χ1) is 11.1. The molecule has 0 aliphatic carbocycles. The Balaban J connectivity index is 0.00000288. The summed E-state index contributed by atoms with van der Waals surface area (Å²) in [6.45, 7) is 6.50. The highest BCUT2D eigenvalue weighted by Gasteiger charge is 2.25. The van der Waals surface area contributed by atoms with Crippen LogP contribution in [0.25, 0.3) is 0 Å². The molecule has 24 heavy (non-hydrogen) atoms. The van der Waals surface area contributed by atoms with Crippen LogP contribution < -0.4 is 15.4 Å². The zero-order valence-corrected chi connectivity index (χ0v) is 15.7. The maximum absolute atomic E-state index is 12.5. The Bertz CT molecular complexity index is 529. The number of nitrogens with one attached hydrogen (secondary N) is 2. The molecule has 2 atom stereocenters. The van der Waals surface area contributed by atoms with Crippen LogP contribution in [0.4, 0.5) is 5.69 Å². The fraction of sp³-hybridized carbons (Fsp3) is 0.588. The molecule has 2 N–H and O–H groups in total. The molecule has 1 aliphatic rings. The molecule has 0 spiro atoms. The molecule has 0 bridgehead atoms. The zero-order valence-electron chi connectivity index (χ0n) is 14.1. The van der Waals surface area contributed by atoms with Crippen LogP contribution in [0.15, 0.2) is 18.2 Å². The van der Waals surface area contributed by atoms with Gasteiger partial charge in [0.1, 0.15) is 12.4 Å². The minimum atomic E-state index is 0. The van der Waals surface area contributed by atoms with Gasteiger partial charge in [0.25, 0.3) is 0 Å². The van der Waals surface area contributed by atoms with Crippen molar-refractivity contribution in [2.45, 2.75) is 32.7 Å². The normalized spacial score (nSPS) is 20.1. The van der Waals surface area contributed by atoms with Crippen molar-refractivity contribution >= 4 is 35.6 Å². The van der Waals surface area contributed by atoms with Gasteiger partial charge in [0, 0.05) is 23.6 Å². The van der Waals surface area contributed by atoms with E-state index >= 15 is 0 Å². The summed E-state index contributed by atoms with van der Waals surface area (Å²) < 4.78 is 11.0. The number of benzene rings is 1. The summed E-state index contributed by atoms with van der Waals surface area (Å²) in [7, 11) is 0. The molecule has 1 saturated heterocycles. The summed E-state index contributed by atoms with van der Waals surface area (Å²) in [5.41, 5.74) is 0.616. The molecular weight excluding hydrogens is 351 g/mol. The van der Waals surface area contributed by atoms with E-state index in [-0.39, 0.29) is 24.2 Å². The van der Waals surface area contributed by atoms with Crippen molar-refractivity contribution < 1.29 is 14.3 Å². The van der Waals surface area contributed by atoms with Gasteiger partial charge >= 0.3 is 0 Å². The van der Waals surface area contributed by atoms with Gasteiger partial charge in [-0.1, -0.05) is 11.6 Å². The van der Waals surface area contributed by atoms with Crippen LogP contribution in [0.2, 0.25) is 5.02 Å². The van der Waals surface area contributed by atoms with E-state index < -0.39 is 0 Å². The summed E-state index contributed by atoms with van der Waals surface area (Å²) in [6.07, 6.45) is 1.68. The summed E-state index contributed by atoms with van der Waals surface area (Å²) in [5.74, 6) is 0.654. The number of carbonyl (C=O) groups is 1. The fourth-order valence-electron chi connectivity index (χ4n) is 2.69. The molecular formula is C17H26Cl2N2O3. The van der Waals surface area contributed by atoms with Crippen LogP contribution >= 0.6 is 24.0 Å². The van der Waals surface area contributed by atoms with Gasteiger partial charge in [0.15, 0.2) is 0 Å². The second-order valence-corrected chi connectivity index (χ2v) is 6.19. The number of hydrogen-bond donors (Lipinski definition) is 2. The number of ether oxygens (including phenoxy) is 2. The largest absolute Gasteiger partial charge is 0.489 e. The average Bonchev–Trinajstić information content (AvgIpc) is 2.53. The Kier molecular flexibility index (Phi) is 9.44. The highest BCUT2D eigenvalue weighted by atomic mass is 35.5. The Labute approximate surface area is 154 Å². The number of hydrogen-bond acceptors (Lipinski definition) is 4. The predicted octanol–water partition coefficient (Wildman–Crippen LogP) is 3.50. The van der Waals surface area contributed by atoms with E-state index in [1.54, 1.807) is 18.2 Å². The summed E-state index contributed by atoms with van der Waals surface area (Å²) in [5, 5.41) is 6.88. The molecule has 2 rings (SSSR count). The Morgan fingerprint density at radius 1 is 1.42 bits per heavy atom. The predicted molar refractivity (Wildman–Crippen MR) is 99.5 cm³/mol. The summed E-state index contributed by atoms with van der Waals surface area (Å²) >= 11 is 6.05. The summed E-state index contributed by atoms with van der Waals surface area (Å²) in [6, 6.07) is 5.61. The van der Waals surface area contributed by atoms with Crippen LogP contribution in [0, 0.1) is 5.92 Å². The van der Waals surface area contributed by atoms with E-state index in [0.29, 0.717) is 42.3 Å². The van der Waals surface area contributed by atoms with Gasteiger partial charge in [-0.25, -0.2) is 0 Å². The van der Waals surface area contributed by atoms with Crippen LogP contribution in [0.5, 0.6) is 5.75 Å². The van der Waals surface area contributed by atoms with E-state index in [9.17, 15) is 4.79 Å². The molecule has 0 radical (unpaired) electrons. The van der Waals surface area contributed by atoms with Crippen molar-refractivity contribution in [2.24, 2.45) is 5.92 Å². The minimum absolute atomic E-state index is 0. The third-order valence-electron chi connectivity index (χ3n) is 3.88. The summed E-state index contributed by atoms with van der Waals surface area (Å²) in [4.78, 5) is 12.5. The van der Waals surface area contributed by atoms with E-state index in [1.165, 1.54) is 0 Å². The van der Waals surface area contributed by atoms with Gasteiger partial charge < -0.3 is 20.1 Å². The molecule has 7 heteroatoms. The molecule has 5 nitrogen and oxygen atoms in total. The van der Waals surface area contributed by atoms with Gasteiger partial charge in [-0.3, -0.25) is 4.79 Å². The second kappa shape index (κ2) is 10.8.